The van der Waals surface area contributed by atoms with Gasteiger partial charge in [0, 0.05) is 19.3 Å². The fraction of sp³-hybridized carbons (Fsp3) is 0.552. The van der Waals surface area contributed by atoms with Crippen LogP contribution in [0.3, 0.4) is 0 Å². The monoisotopic (exact) mass is 523 g/mol. The number of likely N-dealkylation sites (tertiary alicyclic amines) is 1. The van der Waals surface area contributed by atoms with Crippen molar-refractivity contribution >= 4 is 5.97 Å². The number of phenols is 2. The second-order valence-electron chi connectivity index (χ2n) is 9.76. The molecule has 0 aromatic heterocycles. The molecule has 0 bridgehead atoms. The number of ether oxygens (including phenoxy) is 1. The molecule has 1 fully saturated rings. The molecule has 6 nitrogen and oxygen atoms in total. The lowest BCUT2D eigenvalue weighted by Gasteiger charge is -2.33. The van der Waals surface area contributed by atoms with E-state index in [1.165, 1.54) is 62.2 Å². The van der Waals surface area contributed by atoms with Crippen molar-refractivity contribution in [1.29, 1.82) is 0 Å². The summed E-state index contributed by atoms with van der Waals surface area (Å²) in [6, 6.07) is 4.81. The number of hydrogen-bond acceptors (Lipinski definition) is 4. The molecule has 1 aromatic carbocycles. The Morgan fingerprint density at radius 3 is 2.33 bits per heavy atom. The Balaban J connectivity index is 0.000000521. The van der Waals surface area contributed by atoms with Crippen molar-refractivity contribution < 1.29 is 41.7 Å². The Kier molecular flexibility index (Phi) is 17.7. The van der Waals surface area contributed by atoms with Gasteiger partial charge < -0.3 is 36.9 Å². The lowest BCUT2D eigenvalue weighted by Crippen LogP contribution is -3.00. The van der Waals surface area contributed by atoms with E-state index in [-0.39, 0.29) is 30.0 Å². The van der Waals surface area contributed by atoms with Gasteiger partial charge >= 0.3 is 5.97 Å². The first-order valence-corrected chi connectivity index (χ1v) is 12.8. The maximum absolute atomic E-state index is 10.3. The van der Waals surface area contributed by atoms with Crippen LogP contribution in [0.4, 0.5) is 0 Å². The molecule has 36 heavy (non-hydrogen) atoms. The van der Waals surface area contributed by atoms with E-state index in [0.717, 1.165) is 36.5 Å². The minimum Gasteiger partial charge on any atom is -1.00 e. The van der Waals surface area contributed by atoms with Crippen LogP contribution in [0.1, 0.15) is 63.9 Å². The summed E-state index contributed by atoms with van der Waals surface area (Å²) in [5, 5.41) is 27.0. The molecule has 0 radical (unpaired) electrons. The number of phenolic OH excluding ortho intramolecular Hbond substituents is 2. The number of piperidine rings is 1. The van der Waals surface area contributed by atoms with Crippen molar-refractivity contribution in [2.75, 3.05) is 34.3 Å². The number of aryl methyl sites for hydroxylation is 1. The number of benzene rings is 1. The van der Waals surface area contributed by atoms with Crippen molar-refractivity contribution in [3.8, 4) is 11.5 Å². The predicted molar refractivity (Wildman–Crippen MR) is 143 cm³/mol. The van der Waals surface area contributed by atoms with E-state index in [2.05, 4.69) is 21.0 Å². The van der Waals surface area contributed by atoms with E-state index >= 15 is 0 Å². The zero-order chi connectivity index (χ0) is 26.1. The number of nitrogens with zero attached hydrogens (tertiary/aromatic N) is 1. The first-order valence-electron chi connectivity index (χ1n) is 12.8. The summed E-state index contributed by atoms with van der Waals surface area (Å²) in [4.78, 5) is 10.3. The number of allylic oxidation sites excluding steroid dienone is 2. The minimum atomic E-state index is -0.940. The lowest BCUT2D eigenvalue weighted by atomic mass is 10.0. The third-order valence-electron chi connectivity index (χ3n) is 6.20. The number of methoxy groups -OCH3 is 1. The first kappa shape index (κ1) is 33.7. The Morgan fingerprint density at radius 2 is 1.81 bits per heavy atom. The number of hydrogen-bond donors (Lipinski definition) is 3. The summed E-state index contributed by atoms with van der Waals surface area (Å²) >= 11 is 0. The second-order valence-corrected chi connectivity index (χ2v) is 9.76. The number of carboxylic acids is 1. The fourth-order valence-electron chi connectivity index (χ4n) is 4.05. The average molecular weight is 524 g/mol. The Hall–Kier alpha value is -2.28. The normalized spacial score (nSPS) is 18.1. The Labute approximate surface area is 224 Å². The SMILES string of the molecule is CCCCCCc1ccc(O)cc1O.COC1C=CCC=C1/C=C/C(=O)O.C[N+]1(C)CCCCC1.[Cl-]. The van der Waals surface area contributed by atoms with Gasteiger partial charge in [0.25, 0.3) is 0 Å². The lowest BCUT2D eigenvalue weighted by molar-refractivity contribution is -0.894. The number of aliphatic carboxylic acids is 1. The van der Waals surface area contributed by atoms with Gasteiger partial charge in [0.05, 0.1) is 33.3 Å². The smallest absolute Gasteiger partial charge is 0.328 e. The maximum atomic E-state index is 10.3. The molecule has 1 aliphatic heterocycles. The molecule has 1 unspecified atom stereocenters. The van der Waals surface area contributed by atoms with Crippen molar-refractivity contribution in [3.05, 3.63) is 59.7 Å². The molecule has 1 heterocycles. The van der Waals surface area contributed by atoms with Gasteiger partial charge in [-0.05, 0) is 61.8 Å². The van der Waals surface area contributed by atoms with Gasteiger partial charge in [-0.1, -0.05) is 50.5 Å². The molecule has 0 spiro atoms. The van der Waals surface area contributed by atoms with Crippen LogP contribution < -0.4 is 12.4 Å². The highest BCUT2D eigenvalue weighted by Crippen LogP contribution is 2.24. The van der Waals surface area contributed by atoms with Crippen molar-refractivity contribution in [1.82, 2.24) is 0 Å². The molecule has 2 aliphatic rings. The first-order chi connectivity index (χ1) is 16.7. The van der Waals surface area contributed by atoms with E-state index in [1.54, 1.807) is 25.3 Å². The summed E-state index contributed by atoms with van der Waals surface area (Å²) in [5.74, 6) is -0.605. The number of rotatable bonds is 8. The van der Waals surface area contributed by atoms with Crippen LogP contribution in [0.2, 0.25) is 0 Å². The fourth-order valence-corrected chi connectivity index (χ4v) is 4.05. The molecule has 3 N–H and O–H groups in total. The summed E-state index contributed by atoms with van der Waals surface area (Å²) in [6.45, 7) is 4.96. The van der Waals surface area contributed by atoms with Gasteiger partial charge in [-0.2, -0.15) is 0 Å². The average Bonchev–Trinajstić information content (AvgIpc) is 2.82. The van der Waals surface area contributed by atoms with Gasteiger partial charge in [-0.25, -0.2) is 4.79 Å². The molecular weight excluding hydrogens is 478 g/mol. The van der Waals surface area contributed by atoms with E-state index in [9.17, 15) is 9.90 Å². The number of carboxylic acid groups (broad SMARTS) is 1. The molecule has 204 valence electrons. The molecule has 1 saturated heterocycles. The zero-order valence-electron chi connectivity index (χ0n) is 22.5. The van der Waals surface area contributed by atoms with E-state index < -0.39 is 5.97 Å². The molecule has 1 aromatic rings. The Morgan fingerprint density at radius 1 is 1.11 bits per heavy atom. The van der Waals surface area contributed by atoms with Gasteiger partial charge in [-0.3, -0.25) is 0 Å². The molecule has 3 rings (SSSR count). The number of quaternary nitrogens is 1. The zero-order valence-corrected chi connectivity index (χ0v) is 23.2. The number of unbranched alkanes of at least 4 members (excludes halogenated alkanes) is 3. The predicted octanol–water partition coefficient (Wildman–Crippen LogP) is 3.00. The van der Waals surface area contributed by atoms with Crippen molar-refractivity contribution in [3.63, 3.8) is 0 Å². The number of carbonyl (C=O) groups is 1. The second kappa shape index (κ2) is 18.9. The largest absolute Gasteiger partial charge is 1.00 e. The highest BCUT2D eigenvalue weighted by Gasteiger charge is 2.17. The molecule has 0 amide bonds. The van der Waals surface area contributed by atoms with Crippen LogP contribution in [-0.4, -0.2) is 66.2 Å². The highest BCUT2D eigenvalue weighted by molar-refractivity contribution is 5.80. The maximum Gasteiger partial charge on any atom is 0.328 e. The van der Waals surface area contributed by atoms with Crippen molar-refractivity contribution in [2.24, 2.45) is 0 Å². The third-order valence-corrected chi connectivity index (χ3v) is 6.20. The van der Waals surface area contributed by atoms with Crippen LogP contribution in [-0.2, 0) is 16.0 Å². The number of aromatic hydroxyl groups is 2. The van der Waals surface area contributed by atoms with Crippen molar-refractivity contribution in [2.45, 2.75) is 70.8 Å². The molecular formula is C29H46ClNO5. The number of halogens is 1. The van der Waals surface area contributed by atoms with Crippen LogP contribution in [0.25, 0.3) is 0 Å². The molecule has 7 heteroatoms. The van der Waals surface area contributed by atoms with Crippen LogP contribution in [0.5, 0.6) is 11.5 Å². The van der Waals surface area contributed by atoms with Crippen LogP contribution >= 0.6 is 0 Å². The van der Waals surface area contributed by atoms with Gasteiger partial charge in [0.1, 0.15) is 11.5 Å². The standard InChI is InChI=1S/C12H18O2.C10H12O3.C7H16N.ClH/c1-2-3-4-5-6-10-7-8-11(13)9-12(10)14;1-13-9-5-3-2-4-8(9)6-7-10(11)12;1-8(2)6-4-3-5-7-8;/h7-9,13-14H,2-6H2,1H3;3-7,9H,2H2,1H3,(H,11,12);3-7H2,1-2H3;1H/q;;+1;/p-1/b;7-6+;;. The summed E-state index contributed by atoms with van der Waals surface area (Å²) in [6.07, 6.45) is 19.3. The topological polar surface area (TPSA) is 87.0 Å². The van der Waals surface area contributed by atoms with Crippen LogP contribution in [0, 0.1) is 0 Å². The van der Waals surface area contributed by atoms with Gasteiger partial charge in [-0.15, -0.1) is 0 Å². The van der Waals surface area contributed by atoms with E-state index in [0.29, 0.717) is 0 Å². The minimum absolute atomic E-state index is 0. The summed E-state index contributed by atoms with van der Waals surface area (Å²) in [5.41, 5.74) is 1.83. The van der Waals surface area contributed by atoms with E-state index in [1.807, 2.05) is 18.2 Å². The van der Waals surface area contributed by atoms with Gasteiger partial charge in [0.2, 0.25) is 0 Å². The highest BCUT2D eigenvalue weighted by atomic mass is 35.5. The third kappa shape index (κ3) is 15.0. The summed E-state index contributed by atoms with van der Waals surface area (Å²) < 4.78 is 6.39. The summed E-state index contributed by atoms with van der Waals surface area (Å²) in [7, 11) is 6.24. The molecule has 1 aliphatic carbocycles. The van der Waals surface area contributed by atoms with Gasteiger partial charge in [0.15, 0.2) is 0 Å². The quantitative estimate of drug-likeness (QED) is 0.211. The van der Waals surface area contributed by atoms with Crippen LogP contribution in [0.15, 0.2) is 54.2 Å². The molecule has 1 atom stereocenters. The Bertz CT molecular complexity index is 840. The van der Waals surface area contributed by atoms with E-state index in [4.69, 9.17) is 14.9 Å². The molecule has 0 saturated carbocycles.